The molecule has 2 aromatic rings. The monoisotopic (exact) mass is 337 g/mol. The second-order valence-corrected chi connectivity index (χ2v) is 8.14. The topological polar surface area (TPSA) is 73.2 Å². The molecule has 1 heterocycles. The van der Waals surface area contributed by atoms with E-state index in [4.69, 9.17) is 4.74 Å². The molecule has 0 aliphatic rings. The first-order chi connectivity index (χ1) is 10.7. The third kappa shape index (κ3) is 4.80. The summed E-state index contributed by atoms with van der Waals surface area (Å²) in [7, 11) is -1.86. The number of hydrogen-bond acceptors (Lipinski definition) is 4. The molecule has 0 spiro atoms. The summed E-state index contributed by atoms with van der Waals surface area (Å²) in [4.78, 5) is 0.148. The van der Waals surface area contributed by atoms with E-state index in [9.17, 15) is 8.42 Å². The Morgan fingerprint density at radius 1 is 1.22 bits per heavy atom. The molecule has 0 amide bonds. The van der Waals surface area contributed by atoms with Crippen molar-refractivity contribution in [1.82, 2.24) is 14.5 Å². The molecule has 0 atom stereocenters. The van der Waals surface area contributed by atoms with Crippen LogP contribution in [0.5, 0.6) is 5.75 Å². The van der Waals surface area contributed by atoms with Gasteiger partial charge in [-0.25, -0.2) is 13.1 Å². The van der Waals surface area contributed by atoms with Gasteiger partial charge >= 0.3 is 0 Å². The molecule has 0 saturated carbocycles. The summed E-state index contributed by atoms with van der Waals surface area (Å²) in [6.45, 7) is 6.90. The molecule has 1 N–H and O–H groups in total. The molecule has 0 fully saturated rings. The van der Waals surface area contributed by atoms with E-state index in [1.807, 2.05) is 24.3 Å². The Bertz CT molecular complexity index is 744. The van der Waals surface area contributed by atoms with E-state index in [0.29, 0.717) is 0 Å². The lowest BCUT2D eigenvalue weighted by atomic mass is 9.87. The number of nitrogens with one attached hydrogen (secondary N) is 1. The van der Waals surface area contributed by atoms with Crippen LogP contribution in [0.1, 0.15) is 26.3 Å². The Labute approximate surface area is 137 Å². The lowest BCUT2D eigenvalue weighted by molar-refractivity contribution is 0.322. The smallest absolute Gasteiger partial charge is 0.243 e. The second kappa shape index (κ2) is 6.72. The number of benzene rings is 1. The predicted octanol–water partition coefficient (Wildman–Crippen LogP) is 2.07. The minimum Gasteiger partial charge on any atom is -0.492 e. The molecule has 0 radical (unpaired) electrons. The highest BCUT2D eigenvalue weighted by Crippen LogP contribution is 2.24. The average molecular weight is 337 g/mol. The fourth-order valence-electron chi connectivity index (χ4n) is 2.02. The molecule has 0 unspecified atom stereocenters. The van der Waals surface area contributed by atoms with Crippen LogP contribution < -0.4 is 9.46 Å². The quantitative estimate of drug-likeness (QED) is 0.819. The summed E-state index contributed by atoms with van der Waals surface area (Å²) in [5.41, 5.74) is 1.32. The lowest BCUT2D eigenvalue weighted by Crippen LogP contribution is -2.28. The van der Waals surface area contributed by atoms with E-state index in [2.05, 4.69) is 30.6 Å². The molecular formula is C16H23N3O3S. The van der Waals surface area contributed by atoms with E-state index < -0.39 is 10.0 Å². The number of hydrogen-bond donors (Lipinski definition) is 1. The van der Waals surface area contributed by atoms with Crippen molar-refractivity contribution in [2.75, 3.05) is 13.2 Å². The summed E-state index contributed by atoms with van der Waals surface area (Å²) in [6.07, 6.45) is 2.77. The van der Waals surface area contributed by atoms with E-state index >= 15 is 0 Å². The molecule has 1 aromatic carbocycles. The number of aromatic nitrogens is 2. The van der Waals surface area contributed by atoms with Gasteiger partial charge in [-0.3, -0.25) is 4.68 Å². The normalized spacial score (nSPS) is 12.3. The van der Waals surface area contributed by atoms with Gasteiger partial charge in [-0.05, 0) is 23.1 Å². The molecule has 1 aromatic heterocycles. The molecule has 126 valence electrons. The number of rotatable bonds is 6. The van der Waals surface area contributed by atoms with Crippen molar-refractivity contribution in [2.24, 2.45) is 7.05 Å². The molecule has 23 heavy (non-hydrogen) atoms. The van der Waals surface area contributed by atoms with Crippen LogP contribution in [0, 0.1) is 0 Å². The van der Waals surface area contributed by atoms with Gasteiger partial charge in [0.2, 0.25) is 10.0 Å². The minimum absolute atomic E-state index is 0.0951. The largest absolute Gasteiger partial charge is 0.492 e. The fraction of sp³-hybridized carbons (Fsp3) is 0.438. The maximum absolute atomic E-state index is 12.0. The van der Waals surface area contributed by atoms with Crippen LogP contribution in [-0.4, -0.2) is 31.3 Å². The van der Waals surface area contributed by atoms with Crippen molar-refractivity contribution >= 4 is 10.0 Å². The van der Waals surface area contributed by atoms with Gasteiger partial charge in [0.1, 0.15) is 17.3 Å². The fourth-order valence-corrected chi connectivity index (χ4v) is 3.01. The van der Waals surface area contributed by atoms with Crippen LogP contribution in [0.25, 0.3) is 0 Å². The van der Waals surface area contributed by atoms with Crippen molar-refractivity contribution < 1.29 is 13.2 Å². The SMILES string of the molecule is Cn1cc(S(=O)(=O)NCCOc2ccc(C(C)(C)C)cc2)cn1. The molecule has 0 bridgehead atoms. The van der Waals surface area contributed by atoms with Crippen LogP contribution in [0.15, 0.2) is 41.6 Å². The van der Waals surface area contributed by atoms with Gasteiger partial charge in [0, 0.05) is 19.8 Å². The lowest BCUT2D eigenvalue weighted by Gasteiger charge is -2.19. The van der Waals surface area contributed by atoms with E-state index in [-0.39, 0.29) is 23.5 Å². The van der Waals surface area contributed by atoms with Gasteiger partial charge in [0.15, 0.2) is 0 Å². The van der Waals surface area contributed by atoms with Crippen LogP contribution >= 0.6 is 0 Å². The van der Waals surface area contributed by atoms with Gasteiger partial charge in [-0.15, -0.1) is 0 Å². The van der Waals surface area contributed by atoms with Crippen LogP contribution in [-0.2, 0) is 22.5 Å². The highest BCUT2D eigenvalue weighted by atomic mass is 32.2. The highest BCUT2D eigenvalue weighted by Gasteiger charge is 2.15. The molecule has 0 aliphatic carbocycles. The first-order valence-corrected chi connectivity index (χ1v) is 8.88. The molecule has 2 rings (SSSR count). The van der Waals surface area contributed by atoms with Gasteiger partial charge in [-0.1, -0.05) is 32.9 Å². The van der Waals surface area contributed by atoms with Crippen molar-refractivity contribution in [1.29, 1.82) is 0 Å². The van der Waals surface area contributed by atoms with Crippen LogP contribution in [0.2, 0.25) is 0 Å². The van der Waals surface area contributed by atoms with E-state index in [1.165, 1.54) is 22.6 Å². The Kier molecular flexibility index (Phi) is 5.11. The first-order valence-electron chi connectivity index (χ1n) is 7.40. The van der Waals surface area contributed by atoms with Crippen molar-refractivity contribution in [3.63, 3.8) is 0 Å². The zero-order chi connectivity index (χ0) is 17.1. The molecule has 0 aliphatic heterocycles. The van der Waals surface area contributed by atoms with Gasteiger partial charge < -0.3 is 4.74 Å². The van der Waals surface area contributed by atoms with Crippen LogP contribution in [0.3, 0.4) is 0 Å². The van der Waals surface area contributed by atoms with Crippen molar-refractivity contribution in [2.45, 2.75) is 31.1 Å². The Morgan fingerprint density at radius 2 is 1.87 bits per heavy atom. The summed E-state index contributed by atoms with van der Waals surface area (Å²) < 4.78 is 33.5. The third-order valence-corrected chi connectivity index (χ3v) is 4.79. The standard InChI is InChI=1S/C16H23N3O3S/c1-16(2,3)13-5-7-14(8-6-13)22-10-9-18-23(20,21)15-11-17-19(4)12-15/h5-8,11-12,18H,9-10H2,1-4H3. The average Bonchev–Trinajstić information content (AvgIpc) is 2.91. The highest BCUT2D eigenvalue weighted by molar-refractivity contribution is 7.89. The number of aryl methyl sites for hydroxylation is 1. The zero-order valence-electron chi connectivity index (χ0n) is 13.9. The van der Waals surface area contributed by atoms with E-state index in [0.717, 1.165) is 5.75 Å². The van der Waals surface area contributed by atoms with Gasteiger partial charge in [-0.2, -0.15) is 5.10 Å². The number of sulfonamides is 1. The Balaban J connectivity index is 1.84. The maximum atomic E-state index is 12.0. The number of ether oxygens (including phenoxy) is 1. The van der Waals surface area contributed by atoms with Gasteiger partial charge in [0.25, 0.3) is 0 Å². The molecule has 7 heteroatoms. The van der Waals surface area contributed by atoms with Gasteiger partial charge in [0.05, 0.1) is 6.20 Å². The summed E-state index contributed by atoms with van der Waals surface area (Å²) in [5, 5.41) is 3.85. The molecular weight excluding hydrogens is 314 g/mol. The van der Waals surface area contributed by atoms with Crippen LogP contribution in [0.4, 0.5) is 0 Å². The summed E-state index contributed by atoms with van der Waals surface area (Å²) in [6, 6.07) is 7.84. The van der Waals surface area contributed by atoms with E-state index in [1.54, 1.807) is 7.05 Å². The maximum Gasteiger partial charge on any atom is 0.243 e. The number of nitrogens with zero attached hydrogens (tertiary/aromatic N) is 2. The Hall–Kier alpha value is -1.86. The predicted molar refractivity (Wildman–Crippen MR) is 89.0 cm³/mol. The minimum atomic E-state index is -3.53. The summed E-state index contributed by atoms with van der Waals surface area (Å²) >= 11 is 0. The molecule has 6 nitrogen and oxygen atoms in total. The first kappa shape index (κ1) is 17.5. The second-order valence-electron chi connectivity index (χ2n) is 6.37. The zero-order valence-corrected chi connectivity index (χ0v) is 14.7. The van der Waals surface area contributed by atoms with Crippen molar-refractivity contribution in [3.05, 3.63) is 42.2 Å². The molecule has 0 saturated heterocycles. The van der Waals surface area contributed by atoms with Crippen molar-refractivity contribution in [3.8, 4) is 5.75 Å². The Morgan fingerprint density at radius 3 is 2.39 bits per heavy atom. The summed E-state index contributed by atoms with van der Waals surface area (Å²) in [5.74, 6) is 0.721. The third-order valence-electron chi connectivity index (χ3n) is 3.37.